The van der Waals surface area contributed by atoms with Gasteiger partial charge in [-0.15, -0.1) is 0 Å². The molecule has 0 bridgehead atoms. The maximum absolute atomic E-state index is 11.7. The number of ether oxygens (including phenoxy) is 2. The third-order valence-electron chi connectivity index (χ3n) is 4.35. The second-order valence-corrected chi connectivity index (χ2v) is 7.39. The Kier molecular flexibility index (Phi) is 12.8. The van der Waals surface area contributed by atoms with Crippen LogP contribution >= 0.6 is 0 Å². The zero-order valence-electron chi connectivity index (χ0n) is 19.9. The van der Waals surface area contributed by atoms with Crippen molar-refractivity contribution in [1.29, 1.82) is 0 Å². The molecule has 1 aromatic rings. The number of likely N-dealkylation sites (N-methyl/N-ethyl adjacent to an activating group) is 1. The first kappa shape index (κ1) is 27.2. The highest BCUT2D eigenvalue weighted by Gasteiger charge is 2.10. The molecule has 0 unspecified atom stereocenters. The fourth-order valence-electron chi connectivity index (χ4n) is 2.74. The number of carbonyl (C=O) groups is 2. The van der Waals surface area contributed by atoms with Crippen LogP contribution in [0.1, 0.15) is 45.4 Å². The minimum atomic E-state index is -0.239. The van der Waals surface area contributed by atoms with Crippen molar-refractivity contribution in [3.05, 3.63) is 36.2 Å². The van der Waals surface area contributed by atoms with Crippen molar-refractivity contribution < 1.29 is 19.1 Å². The van der Waals surface area contributed by atoms with Crippen molar-refractivity contribution in [3.63, 3.8) is 0 Å². The second-order valence-electron chi connectivity index (χ2n) is 7.39. The van der Waals surface area contributed by atoms with E-state index in [4.69, 9.17) is 14.5 Å². The Morgan fingerprint density at radius 3 is 2.62 bits per heavy atom. The predicted molar refractivity (Wildman–Crippen MR) is 129 cm³/mol. The van der Waals surface area contributed by atoms with Crippen LogP contribution in [-0.2, 0) is 19.1 Å². The summed E-state index contributed by atoms with van der Waals surface area (Å²) in [5.41, 5.74) is 3.47. The van der Waals surface area contributed by atoms with Crippen LogP contribution in [0.15, 0.2) is 29.9 Å². The Balaban J connectivity index is 2.75. The molecule has 0 fully saturated rings. The maximum Gasteiger partial charge on any atom is 0.246 e. The molecule has 1 heterocycles. The summed E-state index contributed by atoms with van der Waals surface area (Å²) in [4.78, 5) is 33.8. The van der Waals surface area contributed by atoms with E-state index in [2.05, 4.69) is 16.9 Å². The van der Waals surface area contributed by atoms with Crippen LogP contribution in [0, 0.1) is 0 Å². The Morgan fingerprint density at radius 1 is 1.25 bits per heavy atom. The molecule has 1 rings (SSSR count). The molecule has 1 amide bonds. The number of pyridine rings is 1. The zero-order valence-corrected chi connectivity index (χ0v) is 19.9. The molecule has 0 aliphatic carbocycles. The van der Waals surface area contributed by atoms with Gasteiger partial charge in [0.05, 0.1) is 17.6 Å². The summed E-state index contributed by atoms with van der Waals surface area (Å²) < 4.78 is 10.6. The van der Waals surface area contributed by atoms with E-state index in [1.807, 2.05) is 50.9 Å². The highest BCUT2D eigenvalue weighted by atomic mass is 16.5. The molecule has 0 saturated heterocycles. The second kappa shape index (κ2) is 15.0. The Bertz CT molecular complexity index is 833. The summed E-state index contributed by atoms with van der Waals surface area (Å²) in [5.74, 6) is 0.426. The summed E-state index contributed by atoms with van der Waals surface area (Å²) in [5, 5.41) is 2.78. The van der Waals surface area contributed by atoms with E-state index in [-0.39, 0.29) is 24.9 Å². The Labute approximate surface area is 191 Å². The highest BCUT2D eigenvalue weighted by Crippen LogP contribution is 2.23. The van der Waals surface area contributed by atoms with E-state index in [0.29, 0.717) is 26.3 Å². The van der Waals surface area contributed by atoms with Gasteiger partial charge in [0.2, 0.25) is 5.91 Å². The third-order valence-corrected chi connectivity index (χ3v) is 4.35. The van der Waals surface area contributed by atoms with E-state index < -0.39 is 0 Å². The number of rotatable bonds is 14. The molecule has 1 N–H and O–H groups in total. The normalized spacial score (nSPS) is 11.6. The van der Waals surface area contributed by atoms with Crippen molar-refractivity contribution in [2.24, 2.45) is 4.99 Å². The van der Waals surface area contributed by atoms with Crippen LogP contribution < -0.4 is 5.32 Å². The van der Waals surface area contributed by atoms with Crippen LogP contribution in [-0.4, -0.2) is 74.0 Å². The van der Waals surface area contributed by atoms with Crippen molar-refractivity contribution in [1.82, 2.24) is 15.2 Å². The first-order chi connectivity index (χ1) is 15.3. The summed E-state index contributed by atoms with van der Waals surface area (Å²) in [6, 6.07) is 1.98. The minimum Gasteiger partial charge on any atom is -0.374 e. The zero-order chi connectivity index (χ0) is 23.9. The SMILES string of the molecule is C=C(C)c1cc(N=C(COCC)N(C)CCCNC(=O)COCC(C)=O)cnc1/C=C\C. The molecule has 8 heteroatoms. The van der Waals surface area contributed by atoms with E-state index in [1.165, 1.54) is 6.92 Å². The number of aromatic nitrogens is 1. The number of Topliss-reactive ketones (excluding diaryl/α,β-unsaturated/α-hetero) is 1. The number of amides is 1. The smallest absolute Gasteiger partial charge is 0.246 e. The molecular formula is C24H36N4O4. The Morgan fingerprint density at radius 2 is 2.00 bits per heavy atom. The van der Waals surface area contributed by atoms with Gasteiger partial charge in [-0.3, -0.25) is 14.6 Å². The lowest BCUT2D eigenvalue weighted by atomic mass is 10.1. The number of aliphatic imine (C=N–C) groups is 1. The lowest BCUT2D eigenvalue weighted by Gasteiger charge is -2.21. The molecule has 0 aliphatic rings. The molecule has 32 heavy (non-hydrogen) atoms. The van der Waals surface area contributed by atoms with Gasteiger partial charge in [-0.05, 0) is 51.8 Å². The number of carbonyl (C=O) groups excluding carboxylic acids is 2. The largest absolute Gasteiger partial charge is 0.374 e. The summed E-state index contributed by atoms with van der Waals surface area (Å²) in [6.45, 7) is 13.3. The lowest BCUT2D eigenvalue weighted by Crippen LogP contribution is -2.34. The van der Waals surface area contributed by atoms with Gasteiger partial charge in [0.1, 0.15) is 25.7 Å². The van der Waals surface area contributed by atoms with Crippen molar-refractivity contribution in [2.75, 3.05) is 46.6 Å². The van der Waals surface area contributed by atoms with Crippen LogP contribution in [0.25, 0.3) is 11.6 Å². The standard InChI is InChI=1S/C24H36N4O4/c1-7-10-22-21(18(3)4)13-20(14-26-22)27-23(16-31-8-2)28(6)12-9-11-25-24(30)17-32-15-19(5)29/h7,10,13-14H,3,8-9,11-12,15-17H2,1-2,4-6H3,(H,25,30)/b10-7-,27-23?. The Hall–Kier alpha value is -2.84. The first-order valence-corrected chi connectivity index (χ1v) is 10.8. The highest BCUT2D eigenvalue weighted by molar-refractivity contribution is 5.86. The van der Waals surface area contributed by atoms with Gasteiger partial charge < -0.3 is 19.7 Å². The van der Waals surface area contributed by atoms with E-state index >= 15 is 0 Å². The van der Waals surface area contributed by atoms with Crippen LogP contribution in [0.2, 0.25) is 0 Å². The third kappa shape index (κ3) is 10.5. The number of hydrogen-bond donors (Lipinski definition) is 1. The molecule has 0 aliphatic heterocycles. The molecular weight excluding hydrogens is 408 g/mol. The van der Waals surface area contributed by atoms with Crippen molar-refractivity contribution in [2.45, 2.75) is 34.1 Å². The molecule has 0 radical (unpaired) electrons. The molecule has 0 aromatic carbocycles. The van der Waals surface area contributed by atoms with E-state index in [1.54, 1.807) is 6.20 Å². The topological polar surface area (TPSA) is 93.1 Å². The molecule has 0 atom stereocenters. The van der Waals surface area contributed by atoms with Crippen LogP contribution in [0.5, 0.6) is 0 Å². The molecule has 0 saturated carbocycles. The summed E-state index contributed by atoms with van der Waals surface area (Å²) in [6.07, 6.45) is 6.35. The molecule has 8 nitrogen and oxygen atoms in total. The van der Waals surface area contributed by atoms with Crippen LogP contribution in [0.3, 0.4) is 0 Å². The number of ketones is 1. The maximum atomic E-state index is 11.7. The molecule has 0 spiro atoms. The van der Waals surface area contributed by atoms with Gasteiger partial charge in [0.15, 0.2) is 5.78 Å². The molecule has 1 aromatic heterocycles. The minimum absolute atomic E-state index is 0.0505. The van der Waals surface area contributed by atoms with Gasteiger partial charge in [0.25, 0.3) is 0 Å². The number of nitrogens with one attached hydrogen (secondary N) is 1. The quantitative estimate of drug-likeness (QED) is 0.269. The van der Waals surface area contributed by atoms with Crippen molar-refractivity contribution in [3.8, 4) is 0 Å². The summed E-state index contributed by atoms with van der Waals surface area (Å²) in [7, 11) is 1.94. The monoisotopic (exact) mass is 444 g/mol. The average Bonchev–Trinajstić information content (AvgIpc) is 2.74. The van der Waals surface area contributed by atoms with Gasteiger partial charge >= 0.3 is 0 Å². The molecule has 176 valence electrons. The van der Waals surface area contributed by atoms with Gasteiger partial charge in [-0.25, -0.2) is 4.99 Å². The number of hydrogen-bond acceptors (Lipinski definition) is 6. The van der Waals surface area contributed by atoms with E-state index in [0.717, 1.165) is 34.8 Å². The van der Waals surface area contributed by atoms with E-state index in [9.17, 15) is 9.59 Å². The van der Waals surface area contributed by atoms with Gasteiger partial charge in [0, 0.05) is 32.3 Å². The summed E-state index contributed by atoms with van der Waals surface area (Å²) >= 11 is 0. The lowest BCUT2D eigenvalue weighted by molar-refractivity contribution is -0.129. The average molecular weight is 445 g/mol. The fourth-order valence-corrected chi connectivity index (χ4v) is 2.74. The first-order valence-electron chi connectivity index (χ1n) is 10.8. The van der Waals surface area contributed by atoms with Crippen LogP contribution in [0.4, 0.5) is 5.69 Å². The van der Waals surface area contributed by atoms with Gasteiger partial charge in [-0.1, -0.05) is 12.7 Å². The fraction of sp³-hybridized carbons (Fsp3) is 0.500. The number of amidine groups is 1. The van der Waals surface area contributed by atoms with Crippen molar-refractivity contribution >= 4 is 34.9 Å². The predicted octanol–water partition coefficient (Wildman–Crippen LogP) is 3.26. The number of allylic oxidation sites excluding steroid dienone is 2. The number of nitrogens with zero attached hydrogens (tertiary/aromatic N) is 3. The van der Waals surface area contributed by atoms with Gasteiger partial charge in [-0.2, -0.15) is 0 Å².